The maximum absolute atomic E-state index is 11.6. The first-order chi connectivity index (χ1) is 11.2. The minimum atomic E-state index is -0.300. The third-order valence-corrected chi connectivity index (χ3v) is 2.99. The van der Waals surface area contributed by atoms with Crippen molar-refractivity contribution in [3.05, 3.63) is 29.8 Å². The van der Waals surface area contributed by atoms with E-state index in [0.717, 1.165) is 5.56 Å². The number of rotatable bonds is 11. The van der Waals surface area contributed by atoms with Crippen LogP contribution in [0.2, 0.25) is 0 Å². The second kappa shape index (κ2) is 11.5. The Bertz CT molecular complexity index is 472. The topological polar surface area (TPSA) is 73.9 Å². The Morgan fingerprint density at radius 2 is 1.83 bits per heavy atom. The molecular weight excluding hydrogens is 298 g/mol. The highest BCUT2D eigenvalue weighted by atomic mass is 16.7. The molecule has 0 unspecified atom stereocenters. The first-order valence-electron chi connectivity index (χ1n) is 7.87. The van der Waals surface area contributed by atoms with E-state index in [1.165, 1.54) is 0 Å². The molecule has 1 N–H and O–H groups in total. The summed E-state index contributed by atoms with van der Waals surface area (Å²) in [5.41, 5.74) is 0.880. The number of carbonyl (C=O) groups excluding carboxylic acids is 2. The van der Waals surface area contributed by atoms with E-state index >= 15 is 0 Å². The number of esters is 1. The molecule has 1 aromatic carbocycles. The third-order valence-electron chi connectivity index (χ3n) is 2.99. The summed E-state index contributed by atoms with van der Waals surface area (Å²) in [4.78, 5) is 22.8. The molecule has 0 heterocycles. The van der Waals surface area contributed by atoms with E-state index in [1.807, 2.05) is 26.0 Å². The summed E-state index contributed by atoms with van der Waals surface area (Å²) >= 11 is 0. The van der Waals surface area contributed by atoms with Gasteiger partial charge in [0.2, 0.25) is 5.91 Å². The molecular formula is C17H25NO5. The van der Waals surface area contributed by atoms with Crippen LogP contribution in [0.1, 0.15) is 38.7 Å². The molecule has 0 saturated heterocycles. The molecule has 1 rings (SSSR count). The van der Waals surface area contributed by atoms with Crippen molar-refractivity contribution in [1.82, 2.24) is 5.32 Å². The van der Waals surface area contributed by atoms with Crippen LogP contribution in [0.3, 0.4) is 0 Å². The molecule has 0 aliphatic rings. The van der Waals surface area contributed by atoms with Crippen LogP contribution in [0.25, 0.3) is 0 Å². The second-order valence-corrected chi connectivity index (χ2v) is 4.87. The molecule has 0 bridgehead atoms. The fourth-order valence-electron chi connectivity index (χ4n) is 1.79. The summed E-state index contributed by atoms with van der Waals surface area (Å²) < 4.78 is 15.6. The van der Waals surface area contributed by atoms with E-state index in [1.54, 1.807) is 12.1 Å². The molecule has 6 nitrogen and oxygen atoms in total. The summed E-state index contributed by atoms with van der Waals surface area (Å²) in [6.45, 7) is 5.40. The van der Waals surface area contributed by atoms with Gasteiger partial charge in [-0.15, -0.1) is 0 Å². The van der Waals surface area contributed by atoms with Gasteiger partial charge in [-0.25, -0.2) is 0 Å². The Hall–Kier alpha value is -2.08. The van der Waals surface area contributed by atoms with Gasteiger partial charge in [0.15, 0.2) is 6.79 Å². The van der Waals surface area contributed by atoms with Gasteiger partial charge in [0.05, 0.1) is 0 Å². The summed E-state index contributed by atoms with van der Waals surface area (Å²) in [7, 11) is 0. The highest BCUT2D eigenvalue weighted by Gasteiger charge is 2.06. The molecule has 1 aromatic rings. The molecule has 0 spiro atoms. The number of hydrogen-bond donors (Lipinski definition) is 1. The van der Waals surface area contributed by atoms with Gasteiger partial charge in [0, 0.05) is 26.0 Å². The van der Waals surface area contributed by atoms with Crippen molar-refractivity contribution in [2.24, 2.45) is 0 Å². The van der Waals surface area contributed by atoms with Gasteiger partial charge in [-0.1, -0.05) is 12.1 Å². The molecule has 0 saturated carbocycles. The predicted octanol–water partition coefficient (Wildman–Crippen LogP) is 2.41. The maximum atomic E-state index is 11.6. The zero-order chi connectivity index (χ0) is 16.9. The Balaban J connectivity index is 2.21. The lowest BCUT2D eigenvalue weighted by molar-refractivity contribution is -0.145. The predicted molar refractivity (Wildman–Crippen MR) is 85.9 cm³/mol. The van der Waals surface area contributed by atoms with E-state index < -0.39 is 0 Å². The molecule has 23 heavy (non-hydrogen) atoms. The van der Waals surface area contributed by atoms with Crippen molar-refractivity contribution >= 4 is 11.9 Å². The summed E-state index contributed by atoms with van der Waals surface area (Å²) in [6.07, 6.45) is 1.08. The van der Waals surface area contributed by atoms with Crippen molar-refractivity contribution in [1.29, 1.82) is 0 Å². The Labute approximate surface area is 137 Å². The van der Waals surface area contributed by atoms with Gasteiger partial charge >= 0.3 is 5.97 Å². The van der Waals surface area contributed by atoms with E-state index in [2.05, 4.69) is 5.32 Å². The fraction of sp³-hybridized carbons (Fsp3) is 0.529. The molecule has 0 radical (unpaired) electrons. The van der Waals surface area contributed by atoms with E-state index in [0.29, 0.717) is 31.7 Å². The number of carbonyl (C=O) groups is 2. The van der Waals surface area contributed by atoms with E-state index in [9.17, 15) is 9.59 Å². The standard InChI is InChI=1S/C17H25NO5/c1-3-18-16(19)6-5-7-17(20)22-12-14-8-10-15(11-9-14)23-13-21-4-2/h8-11H,3-7,12-13H2,1-2H3,(H,18,19). The lowest BCUT2D eigenvalue weighted by Crippen LogP contribution is -2.22. The van der Waals surface area contributed by atoms with Crippen LogP contribution in [0.15, 0.2) is 24.3 Å². The quantitative estimate of drug-likeness (QED) is 0.384. The number of benzene rings is 1. The lowest BCUT2D eigenvalue weighted by atomic mass is 10.2. The van der Waals surface area contributed by atoms with Crippen molar-refractivity contribution in [3.8, 4) is 5.75 Å². The average Bonchev–Trinajstić information content (AvgIpc) is 2.54. The van der Waals surface area contributed by atoms with Crippen molar-refractivity contribution in [2.75, 3.05) is 19.9 Å². The minimum absolute atomic E-state index is 0.0389. The van der Waals surface area contributed by atoms with Crippen molar-refractivity contribution in [3.63, 3.8) is 0 Å². The summed E-state index contributed by atoms with van der Waals surface area (Å²) in [5.74, 6) is 0.365. The largest absolute Gasteiger partial charge is 0.468 e. The van der Waals surface area contributed by atoms with Crippen LogP contribution in [0, 0.1) is 0 Å². The van der Waals surface area contributed by atoms with E-state index in [4.69, 9.17) is 14.2 Å². The van der Waals surface area contributed by atoms with Crippen LogP contribution in [-0.2, 0) is 25.7 Å². The molecule has 128 valence electrons. The molecule has 0 fully saturated rings. The first kappa shape index (κ1) is 19.0. The average molecular weight is 323 g/mol. The Kier molecular flexibility index (Phi) is 9.47. The first-order valence-corrected chi connectivity index (χ1v) is 7.87. The molecule has 1 amide bonds. The minimum Gasteiger partial charge on any atom is -0.468 e. The zero-order valence-corrected chi connectivity index (χ0v) is 13.8. The van der Waals surface area contributed by atoms with Gasteiger partial charge in [-0.2, -0.15) is 0 Å². The van der Waals surface area contributed by atoms with Crippen LogP contribution in [0.4, 0.5) is 0 Å². The normalized spacial score (nSPS) is 10.2. The number of amides is 1. The number of ether oxygens (including phenoxy) is 3. The third kappa shape index (κ3) is 8.83. The van der Waals surface area contributed by atoms with Gasteiger partial charge in [-0.3, -0.25) is 9.59 Å². The monoisotopic (exact) mass is 323 g/mol. The maximum Gasteiger partial charge on any atom is 0.306 e. The summed E-state index contributed by atoms with van der Waals surface area (Å²) in [5, 5.41) is 2.69. The van der Waals surface area contributed by atoms with Crippen LogP contribution in [0.5, 0.6) is 5.75 Å². The Morgan fingerprint density at radius 3 is 2.48 bits per heavy atom. The summed E-state index contributed by atoms with van der Waals surface area (Å²) in [6, 6.07) is 7.28. The molecule has 6 heteroatoms. The van der Waals surface area contributed by atoms with Gasteiger partial charge in [0.1, 0.15) is 12.4 Å². The van der Waals surface area contributed by atoms with Gasteiger partial charge in [-0.05, 0) is 38.0 Å². The van der Waals surface area contributed by atoms with Crippen LogP contribution < -0.4 is 10.1 Å². The molecule has 0 atom stereocenters. The molecule has 0 aliphatic carbocycles. The van der Waals surface area contributed by atoms with Crippen molar-refractivity contribution < 1.29 is 23.8 Å². The zero-order valence-electron chi connectivity index (χ0n) is 13.8. The Morgan fingerprint density at radius 1 is 1.09 bits per heavy atom. The van der Waals surface area contributed by atoms with Crippen molar-refractivity contribution in [2.45, 2.75) is 39.7 Å². The number of hydrogen-bond acceptors (Lipinski definition) is 5. The van der Waals surface area contributed by atoms with Crippen LogP contribution in [-0.4, -0.2) is 31.8 Å². The highest BCUT2D eigenvalue weighted by Crippen LogP contribution is 2.13. The highest BCUT2D eigenvalue weighted by molar-refractivity contribution is 5.76. The lowest BCUT2D eigenvalue weighted by Gasteiger charge is -2.08. The smallest absolute Gasteiger partial charge is 0.306 e. The number of nitrogens with one attached hydrogen (secondary N) is 1. The molecule has 0 aliphatic heterocycles. The molecule has 0 aromatic heterocycles. The van der Waals surface area contributed by atoms with E-state index in [-0.39, 0.29) is 31.7 Å². The SMILES string of the molecule is CCNC(=O)CCCC(=O)OCc1ccc(OCOCC)cc1. The van der Waals surface area contributed by atoms with Gasteiger partial charge in [0.25, 0.3) is 0 Å². The fourth-order valence-corrected chi connectivity index (χ4v) is 1.79. The second-order valence-electron chi connectivity index (χ2n) is 4.87. The van der Waals surface area contributed by atoms with Crippen LogP contribution >= 0.6 is 0 Å². The van der Waals surface area contributed by atoms with Gasteiger partial charge < -0.3 is 19.5 Å².